The van der Waals surface area contributed by atoms with Crippen molar-refractivity contribution in [3.05, 3.63) is 17.3 Å². The molecule has 0 aliphatic heterocycles. The Morgan fingerprint density at radius 1 is 1.40 bits per heavy atom. The first-order valence-corrected chi connectivity index (χ1v) is 8.48. The summed E-state index contributed by atoms with van der Waals surface area (Å²) in [6, 6.07) is 0.466. The smallest absolute Gasteiger partial charge is 0.195 e. The molecule has 0 radical (unpaired) electrons. The van der Waals surface area contributed by atoms with Gasteiger partial charge in [0.05, 0.1) is 5.69 Å². The third-order valence-corrected chi connectivity index (χ3v) is 4.38. The Morgan fingerprint density at radius 3 is 2.85 bits per heavy atom. The van der Waals surface area contributed by atoms with E-state index in [1.807, 2.05) is 0 Å². The number of nitrogens with two attached hydrogens (primary N) is 1. The van der Waals surface area contributed by atoms with Crippen molar-refractivity contribution >= 4 is 22.1 Å². The Morgan fingerprint density at radius 2 is 2.20 bits per heavy atom. The number of hydrogen-bond acceptors (Lipinski definition) is 4. The van der Waals surface area contributed by atoms with Crippen LogP contribution in [0.25, 0.3) is 4.96 Å². The fourth-order valence-corrected chi connectivity index (χ4v) is 3.29. The van der Waals surface area contributed by atoms with Gasteiger partial charge in [-0.25, -0.2) is 4.98 Å². The van der Waals surface area contributed by atoms with Gasteiger partial charge >= 0.3 is 0 Å². The van der Waals surface area contributed by atoms with Crippen LogP contribution in [0, 0.1) is 0 Å². The van der Waals surface area contributed by atoms with Crippen molar-refractivity contribution in [2.45, 2.75) is 52.5 Å². The zero-order chi connectivity index (χ0) is 14.5. The van der Waals surface area contributed by atoms with Crippen LogP contribution in [0.2, 0.25) is 0 Å². The van der Waals surface area contributed by atoms with Crippen LogP contribution in [0.4, 0.5) is 5.82 Å². The van der Waals surface area contributed by atoms with Crippen molar-refractivity contribution in [1.29, 1.82) is 0 Å². The highest BCUT2D eigenvalue weighted by molar-refractivity contribution is 7.15. The molecule has 0 spiro atoms. The second kappa shape index (κ2) is 7.09. The van der Waals surface area contributed by atoms with Crippen molar-refractivity contribution in [1.82, 2.24) is 9.38 Å². The first-order chi connectivity index (χ1) is 9.69. The lowest BCUT2D eigenvalue weighted by atomic mass is 10.2. The molecule has 2 N–H and O–H groups in total. The van der Waals surface area contributed by atoms with Crippen molar-refractivity contribution in [3.63, 3.8) is 0 Å². The molecule has 4 nitrogen and oxygen atoms in total. The van der Waals surface area contributed by atoms with Crippen LogP contribution in [0.1, 0.15) is 45.7 Å². The van der Waals surface area contributed by atoms with Crippen molar-refractivity contribution in [2.24, 2.45) is 5.73 Å². The first-order valence-electron chi connectivity index (χ1n) is 7.60. The molecule has 0 saturated carbocycles. The van der Waals surface area contributed by atoms with Gasteiger partial charge in [-0.05, 0) is 26.8 Å². The average molecular weight is 294 g/mol. The topological polar surface area (TPSA) is 46.6 Å². The molecular formula is C15H26N4S. The number of aromatic nitrogens is 2. The number of fused-ring (bicyclic) bond motifs is 1. The molecular weight excluding hydrogens is 268 g/mol. The lowest BCUT2D eigenvalue weighted by Gasteiger charge is -2.28. The molecule has 0 fully saturated rings. The van der Waals surface area contributed by atoms with Crippen LogP contribution in [-0.4, -0.2) is 28.5 Å². The average Bonchev–Trinajstić information content (AvgIpc) is 2.98. The van der Waals surface area contributed by atoms with E-state index in [2.05, 4.69) is 41.6 Å². The molecule has 0 aliphatic carbocycles. The molecule has 112 valence electrons. The molecule has 0 bridgehead atoms. The highest BCUT2D eigenvalue weighted by Gasteiger charge is 2.20. The highest BCUT2D eigenvalue weighted by atomic mass is 32.1. The molecule has 0 aromatic carbocycles. The molecule has 0 amide bonds. The van der Waals surface area contributed by atoms with Crippen LogP contribution in [-0.2, 0) is 6.42 Å². The van der Waals surface area contributed by atoms with Gasteiger partial charge in [-0.2, -0.15) is 0 Å². The van der Waals surface area contributed by atoms with Gasteiger partial charge in [-0.15, -0.1) is 11.3 Å². The van der Waals surface area contributed by atoms with E-state index in [9.17, 15) is 0 Å². The molecule has 2 aromatic heterocycles. The molecule has 0 saturated heterocycles. The molecule has 2 heterocycles. The molecule has 0 unspecified atom stereocenters. The predicted molar refractivity (Wildman–Crippen MR) is 87.8 cm³/mol. The number of rotatable bonds is 8. The van der Waals surface area contributed by atoms with Gasteiger partial charge in [0, 0.05) is 30.6 Å². The van der Waals surface area contributed by atoms with Gasteiger partial charge in [0.1, 0.15) is 0 Å². The SMILES string of the molecule is CCCCCN(c1nc2sccn2c1CCN)C(C)C. The summed E-state index contributed by atoms with van der Waals surface area (Å²) in [6.07, 6.45) is 6.73. The predicted octanol–water partition coefficient (Wildman–Crippen LogP) is 3.30. The first kappa shape index (κ1) is 15.3. The summed E-state index contributed by atoms with van der Waals surface area (Å²) in [5, 5.41) is 2.09. The van der Waals surface area contributed by atoms with Gasteiger partial charge in [-0.3, -0.25) is 4.40 Å². The number of anilines is 1. The summed E-state index contributed by atoms with van der Waals surface area (Å²) in [6.45, 7) is 8.47. The van der Waals surface area contributed by atoms with Crippen LogP contribution in [0.15, 0.2) is 11.6 Å². The van der Waals surface area contributed by atoms with E-state index in [0.29, 0.717) is 12.6 Å². The monoisotopic (exact) mass is 294 g/mol. The lowest BCUT2D eigenvalue weighted by Crippen LogP contribution is -2.33. The summed E-state index contributed by atoms with van der Waals surface area (Å²) in [5.74, 6) is 1.13. The Balaban J connectivity index is 2.30. The molecule has 0 aliphatic rings. The fourth-order valence-electron chi connectivity index (χ4n) is 2.56. The van der Waals surface area contributed by atoms with Gasteiger partial charge in [0.15, 0.2) is 10.8 Å². The highest BCUT2D eigenvalue weighted by Crippen LogP contribution is 2.26. The van der Waals surface area contributed by atoms with E-state index in [1.165, 1.54) is 25.0 Å². The maximum atomic E-state index is 5.79. The second-order valence-corrected chi connectivity index (χ2v) is 6.34. The maximum absolute atomic E-state index is 5.79. The zero-order valence-corrected chi connectivity index (χ0v) is 13.6. The van der Waals surface area contributed by atoms with E-state index in [4.69, 9.17) is 10.7 Å². The van der Waals surface area contributed by atoms with E-state index in [-0.39, 0.29) is 0 Å². The number of imidazole rings is 1. The third kappa shape index (κ3) is 3.15. The zero-order valence-electron chi connectivity index (χ0n) is 12.8. The van der Waals surface area contributed by atoms with Crippen LogP contribution < -0.4 is 10.6 Å². The molecule has 5 heteroatoms. The van der Waals surface area contributed by atoms with Gasteiger partial charge in [-0.1, -0.05) is 19.8 Å². The molecule has 20 heavy (non-hydrogen) atoms. The minimum Gasteiger partial charge on any atom is -0.353 e. The molecule has 2 rings (SSSR count). The molecule has 2 aromatic rings. The maximum Gasteiger partial charge on any atom is 0.195 e. The Hall–Kier alpha value is -1.07. The van der Waals surface area contributed by atoms with Gasteiger partial charge < -0.3 is 10.6 Å². The van der Waals surface area contributed by atoms with Gasteiger partial charge in [0.25, 0.3) is 0 Å². The van der Waals surface area contributed by atoms with Crippen LogP contribution in [0.5, 0.6) is 0 Å². The summed E-state index contributed by atoms with van der Waals surface area (Å²) >= 11 is 1.69. The summed E-state index contributed by atoms with van der Waals surface area (Å²) in [4.78, 5) is 8.35. The van der Waals surface area contributed by atoms with Crippen molar-refractivity contribution < 1.29 is 0 Å². The lowest BCUT2D eigenvalue weighted by molar-refractivity contribution is 0.618. The second-order valence-electron chi connectivity index (χ2n) is 5.47. The Bertz CT molecular complexity index is 529. The fraction of sp³-hybridized carbons (Fsp3) is 0.667. The standard InChI is InChI=1S/C15H26N4S/c1-4-5-6-9-18(12(2)3)14-13(7-8-16)19-10-11-20-15(19)17-14/h10-12H,4-9,16H2,1-3H3. The van der Waals surface area contributed by atoms with Crippen LogP contribution in [0.3, 0.4) is 0 Å². The van der Waals surface area contributed by atoms with Crippen LogP contribution >= 0.6 is 11.3 Å². The number of nitrogens with zero attached hydrogens (tertiary/aromatic N) is 3. The van der Waals surface area contributed by atoms with E-state index in [1.54, 1.807) is 11.3 Å². The number of hydrogen-bond donors (Lipinski definition) is 1. The van der Waals surface area contributed by atoms with E-state index >= 15 is 0 Å². The summed E-state index contributed by atoms with van der Waals surface area (Å²) in [7, 11) is 0. The summed E-state index contributed by atoms with van der Waals surface area (Å²) in [5.41, 5.74) is 7.05. The van der Waals surface area contributed by atoms with E-state index < -0.39 is 0 Å². The Labute approximate surface area is 125 Å². The van der Waals surface area contributed by atoms with Gasteiger partial charge in [0.2, 0.25) is 0 Å². The van der Waals surface area contributed by atoms with Crippen molar-refractivity contribution in [3.8, 4) is 0 Å². The Kier molecular flexibility index (Phi) is 5.43. The normalized spacial score (nSPS) is 11.7. The number of thiazole rings is 1. The number of unbranched alkanes of at least 4 members (excludes halogenated alkanes) is 2. The summed E-state index contributed by atoms with van der Waals surface area (Å²) < 4.78 is 2.20. The minimum atomic E-state index is 0.466. The molecule has 0 atom stereocenters. The van der Waals surface area contributed by atoms with E-state index in [0.717, 1.165) is 23.7 Å². The minimum absolute atomic E-state index is 0.466. The van der Waals surface area contributed by atoms with Crippen molar-refractivity contribution in [2.75, 3.05) is 18.0 Å². The third-order valence-electron chi connectivity index (χ3n) is 3.62. The largest absolute Gasteiger partial charge is 0.353 e. The quantitative estimate of drug-likeness (QED) is 0.760.